The molecule has 108 valence electrons. The third-order valence-electron chi connectivity index (χ3n) is 3.68. The first-order valence-corrected chi connectivity index (χ1v) is 7.07. The molecule has 4 heteroatoms. The van der Waals surface area contributed by atoms with Crippen LogP contribution in [0, 0.1) is 26.6 Å². The highest BCUT2D eigenvalue weighted by Gasteiger charge is 2.16. The summed E-state index contributed by atoms with van der Waals surface area (Å²) in [6.07, 6.45) is 1.06. The van der Waals surface area contributed by atoms with Gasteiger partial charge in [-0.05, 0) is 50.9 Å². The summed E-state index contributed by atoms with van der Waals surface area (Å²) in [6.45, 7) is 9.64. The van der Waals surface area contributed by atoms with Gasteiger partial charge in [-0.2, -0.15) is 5.10 Å². The fourth-order valence-electron chi connectivity index (χ4n) is 2.28. The van der Waals surface area contributed by atoms with Crippen molar-refractivity contribution in [2.75, 3.05) is 6.54 Å². The average Bonchev–Trinajstić information content (AvgIpc) is 2.67. The maximum atomic E-state index is 14.3. The number of hydrogen-bond acceptors (Lipinski definition) is 2. The Bertz CT molecular complexity index is 602. The standard InChI is InChI=1S/C16H22FN3/c1-5-9-18-10-14-7-6-8-15(17)16(14)20-13(4)11(2)12(3)19-20/h6-8,18H,5,9-10H2,1-4H3. The summed E-state index contributed by atoms with van der Waals surface area (Å²) in [7, 11) is 0. The molecule has 20 heavy (non-hydrogen) atoms. The van der Waals surface area contributed by atoms with E-state index in [4.69, 9.17) is 0 Å². The smallest absolute Gasteiger partial charge is 0.149 e. The van der Waals surface area contributed by atoms with Gasteiger partial charge in [-0.25, -0.2) is 9.07 Å². The Morgan fingerprint density at radius 2 is 2.00 bits per heavy atom. The van der Waals surface area contributed by atoms with Crippen molar-refractivity contribution in [3.05, 3.63) is 46.5 Å². The van der Waals surface area contributed by atoms with Gasteiger partial charge >= 0.3 is 0 Å². The first-order chi connectivity index (χ1) is 9.56. The lowest BCUT2D eigenvalue weighted by Gasteiger charge is -2.13. The van der Waals surface area contributed by atoms with Crippen molar-refractivity contribution in [1.82, 2.24) is 15.1 Å². The predicted octanol–water partition coefficient (Wildman–Crippen LogP) is 3.44. The van der Waals surface area contributed by atoms with E-state index in [0.717, 1.165) is 35.5 Å². The first kappa shape index (κ1) is 14.7. The molecule has 1 aromatic heterocycles. The molecule has 0 aliphatic rings. The maximum absolute atomic E-state index is 14.3. The predicted molar refractivity (Wildman–Crippen MR) is 79.7 cm³/mol. The van der Waals surface area contributed by atoms with Crippen LogP contribution in [0.5, 0.6) is 0 Å². The zero-order chi connectivity index (χ0) is 14.7. The number of nitrogens with one attached hydrogen (secondary N) is 1. The molecule has 0 fully saturated rings. The largest absolute Gasteiger partial charge is 0.313 e. The number of aromatic nitrogens is 2. The number of benzene rings is 1. The quantitative estimate of drug-likeness (QED) is 0.847. The third-order valence-corrected chi connectivity index (χ3v) is 3.68. The fraction of sp³-hybridized carbons (Fsp3) is 0.438. The number of halogens is 1. The van der Waals surface area contributed by atoms with Crippen LogP contribution < -0.4 is 5.32 Å². The number of hydrogen-bond donors (Lipinski definition) is 1. The van der Waals surface area contributed by atoms with E-state index in [9.17, 15) is 4.39 Å². The Morgan fingerprint density at radius 3 is 2.60 bits per heavy atom. The highest BCUT2D eigenvalue weighted by molar-refractivity contribution is 5.44. The molecule has 1 N–H and O–H groups in total. The van der Waals surface area contributed by atoms with Crippen molar-refractivity contribution in [2.45, 2.75) is 40.7 Å². The summed E-state index contributed by atoms with van der Waals surface area (Å²) in [5.74, 6) is -0.230. The zero-order valence-electron chi connectivity index (χ0n) is 12.6. The summed E-state index contributed by atoms with van der Waals surface area (Å²) in [5, 5.41) is 7.80. The second kappa shape index (κ2) is 6.18. The van der Waals surface area contributed by atoms with Crippen LogP contribution in [0.1, 0.15) is 35.9 Å². The van der Waals surface area contributed by atoms with Crippen LogP contribution in [0.15, 0.2) is 18.2 Å². The van der Waals surface area contributed by atoms with E-state index in [0.29, 0.717) is 12.2 Å². The maximum Gasteiger partial charge on any atom is 0.149 e. The molecule has 0 bridgehead atoms. The number of rotatable bonds is 5. The van der Waals surface area contributed by atoms with Crippen LogP contribution in [0.4, 0.5) is 4.39 Å². The van der Waals surface area contributed by atoms with Crippen LogP contribution >= 0.6 is 0 Å². The summed E-state index contributed by atoms with van der Waals surface area (Å²) < 4.78 is 16.0. The first-order valence-electron chi connectivity index (χ1n) is 7.07. The molecule has 0 amide bonds. The van der Waals surface area contributed by atoms with E-state index in [1.54, 1.807) is 10.7 Å². The van der Waals surface area contributed by atoms with E-state index in [2.05, 4.69) is 17.3 Å². The summed E-state index contributed by atoms with van der Waals surface area (Å²) in [4.78, 5) is 0. The van der Waals surface area contributed by atoms with Crippen LogP contribution in [-0.4, -0.2) is 16.3 Å². The lowest BCUT2D eigenvalue weighted by Crippen LogP contribution is -2.17. The molecule has 0 unspecified atom stereocenters. The molecule has 0 saturated carbocycles. The minimum absolute atomic E-state index is 0.230. The molecule has 2 rings (SSSR count). The molecule has 2 aromatic rings. The molecule has 0 atom stereocenters. The second-order valence-corrected chi connectivity index (χ2v) is 5.13. The van der Waals surface area contributed by atoms with Gasteiger partial charge in [-0.3, -0.25) is 0 Å². The number of nitrogens with zero attached hydrogens (tertiary/aromatic N) is 2. The molecule has 0 saturated heterocycles. The highest BCUT2D eigenvalue weighted by atomic mass is 19.1. The fourth-order valence-corrected chi connectivity index (χ4v) is 2.28. The Hall–Kier alpha value is -1.68. The lowest BCUT2D eigenvalue weighted by atomic mass is 10.1. The Morgan fingerprint density at radius 1 is 1.25 bits per heavy atom. The monoisotopic (exact) mass is 275 g/mol. The molecule has 0 aliphatic carbocycles. The molecule has 3 nitrogen and oxygen atoms in total. The minimum atomic E-state index is -0.230. The van der Waals surface area contributed by atoms with Crippen molar-refractivity contribution in [3.63, 3.8) is 0 Å². The van der Waals surface area contributed by atoms with Crippen LogP contribution in [0.25, 0.3) is 5.69 Å². The minimum Gasteiger partial charge on any atom is -0.313 e. The van der Waals surface area contributed by atoms with E-state index in [1.807, 2.05) is 26.8 Å². The van der Waals surface area contributed by atoms with Crippen LogP contribution in [-0.2, 0) is 6.54 Å². The van der Waals surface area contributed by atoms with Crippen molar-refractivity contribution in [1.29, 1.82) is 0 Å². The van der Waals surface area contributed by atoms with Crippen molar-refractivity contribution < 1.29 is 4.39 Å². The van der Waals surface area contributed by atoms with E-state index in [-0.39, 0.29) is 5.82 Å². The van der Waals surface area contributed by atoms with E-state index in [1.165, 1.54) is 6.07 Å². The lowest BCUT2D eigenvalue weighted by molar-refractivity contribution is 0.597. The number of aryl methyl sites for hydroxylation is 1. The van der Waals surface area contributed by atoms with Crippen molar-refractivity contribution in [3.8, 4) is 5.69 Å². The van der Waals surface area contributed by atoms with Gasteiger partial charge in [-0.1, -0.05) is 19.1 Å². The SMILES string of the molecule is CCCNCc1cccc(F)c1-n1nc(C)c(C)c1C. The second-order valence-electron chi connectivity index (χ2n) is 5.13. The van der Waals surface area contributed by atoms with E-state index < -0.39 is 0 Å². The van der Waals surface area contributed by atoms with Gasteiger partial charge in [0.15, 0.2) is 0 Å². The van der Waals surface area contributed by atoms with Gasteiger partial charge in [0.2, 0.25) is 0 Å². The third kappa shape index (κ3) is 2.75. The number of para-hydroxylation sites is 1. The molecule has 1 heterocycles. The van der Waals surface area contributed by atoms with Gasteiger partial charge in [0.1, 0.15) is 11.5 Å². The summed E-state index contributed by atoms with van der Waals surface area (Å²) in [5.41, 5.74) is 4.54. The van der Waals surface area contributed by atoms with Gasteiger partial charge in [-0.15, -0.1) is 0 Å². The van der Waals surface area contributed by atoms with Crippen molar-refractivity contribution >= 4 is 0 Å². The van der Waals surface area contributed by atoms with Crippen LogP contribution in [0.2, 0.25) is 0 Å². The highest BCUT2D eigenvalue weighted by Crippen LogP contribution is 2.22. The Kier molecular flexibility index (Phi) is 4.55. The Labute approximate surface area is 119 Å². The summed E-state index contributed by atoms with van der Waals surface area (Å²) >= 11 is 0. The van der Waals surface area contributed by atoms with Gasteiger partial charge in [0.25, 0.3) is 0 Å². The van der Waals surface area contributed by atoms with Crippen LogP contribution in [0.3, 0.4) is 0 Å². The topological polar surface area (TPSA) is 29.9 Å². The van der Waals surface area contributed by atoms with Crippen molar-refractivity contribution in [2.24, 2.45) is 0 Å². The Balaban J connectivity index is 2.46. The zero-order valence-corrected chi connectivity index (χ0v) is 12.6. The molecule has 0 spiro atoms. The van der Waals surface area contributed by atoms with Gasteiger partial charge in [0.05, 0.1) is 5.69 Å². The summed E-state index contributed by atoms with van der Waals surface area (Å²) in [6, 6.07) is 5.19. The molecule has 0 radical (unpaired) electrons. The van der Waals surface area contributed by atoms with E-state index >= 15 is 0 Å². The molecule has 0 aliphatic heterocycles. The van der Waals surface area contributed by atoms with Gasteiger partial charge < -0.3 is 5.32 Å². The average molecular weight is 275 g/mol. The van der Waals surface area contributed by atoms with Gasteiger partial charge in [0, 0.05) is 12.2 Å². The molecular formula is C16H22FN3. The normalized spacial score (nSPS) is 11.1. The molecule has 1 aromatic carbocycles. The molecular weight excluding hydrogens is 253 g/mol.